The minimum absolute atomic E-state index is 0.0149. The Kier molecular flexibility index (Phi) is 4.86. The van der Waals surface area contributed by atoms with Crippen molar-refractivity contribution >= 4 is 23.4 Å². The van der Waals surface area contributed by atoms with Crippen LogP contribution in [-0.4, -0.2) is 31.3 Å². The lowest BCUT2D eigenvalue weighted by molar-refractivity contribution is -0.118. The van der Waals surface area contributed by atoms with Gasteiger partial charge in [0, 0.05) is 18.3 Å². The van der Waals surface area contributed by atoms with Gasteiger partial charge in [0.25, 0.3) is 0 Å². The number of anilines is 1. The number of carbonyl (C=O) groups excluding carboxylic acids is 3. The fourth-order valence-electron chi connectivity index (χ4n) is 1.24. The van der Waals surface area contributed by atoms with Crippen molar-refractivity contribution in [3.63, 3.8) is 0 Å². The molecule has 0 aliphatic carbocycles. The summed E-state index contributed by atoms with van der Waals surface area (Å²) in [5.41, 5.74) is 1.31. The number of ketones is 1. The second kappa shape index (κ2) is 6.39. The molecule has 6 nitrogen and oxygen atoms in total. The highest BCUT2D eigenvalue weighted by Crippen LogP contribution is 2.09. The topological polar surface area (TPSA) is 87.3 Å². The maximum Gasteiger partial charge on any atom is 0.321 e. The van der Waals surface area contributed by atoms with Crippen LogP contribution in [0.5, 0.6) is 0 Å². The molecule has 6 heteroatoms. The zero-order chi connectivity index (χ0) is 13.5. The van der Waals surface area contributed by atoms with E-state index in [2.05, 4.69) is 16.0 Å². The second-order valence-corrected chi connectivity index (χ2v) is 3.61. The first-order valence-corrected chi connectivity index (χ1v) is 5.39. The molecular weight excluding hydrogens is 234 g/mol. The van der Waals surface area contributed by atoms with E-state index in [1.54, 1.807) is 24.3 Å². The van der Waals surface area contributed by atoms with Crippen molar-refractivity contribution in [1.82, 2.24) is 10.6 Å². The van der Waals surface area contributed by atoms with E-state index in [1.807, 2.05) is 0 Å². The van der Waals surface area contributed by atoms with Crippen LogP contribution in [0.2, 0.25) is 0 Å². The zero-order valence-electron chi connectivity index (χ0n) is 10.2. The molecule has 1 aromatic rings. The molecule has 3 amide bonds. The summed E-state index contributed by atoms with van der Waals surface area (Å²) in [6.07, 6.45) is 0. The van der Waals surface area contributed by atoms with Crippen LogP contribution < -0.4 is 16.0 Å². The van der Waals surface area contributed by atoms with Gasteiger partial charge in [0.15, 0.2) is 5.78 Å². The van der Waals surface area contributed by atoms with Gasteiger partial charge in [0.05, 0.1) is 6.54 Å². The molecule has 1 aromatic carbocycles. The van der Waals surface area contributed by atoms with Crippen LogP contribution in [-0.2, 0) is 4.79 Å². The molecule has 96 valence electrons. The number of amides is 3. The van der Waals surface area contributed by atoms with E-state index in [0.717, 1.165) is 0 Å². The maximum atomic E-state index is 11.3. The van der Waals surface area contributed by atoms with Gasteiger partial charge in [-0.2, -0.15) is 0 Å². The smallest absolute Gasteiger partial charge is 0.321 e. The van der Waals surface area contributed by atoms with Crippen molar-refractivity contribution in [1.29, 1.82) is 0 Å². The van der Waals surface area contributed by atoms with Gasteiger partial charge < -0.3 is 10.6 Å². The molecule has 0 aromatic heterocycles. The summed E-state index contributed by atoms with van der Waals surface area (Å²) in [6, 6.07) is 6.19. The third-order valence-corrected chi connectivity index (χ3v) is 2.22. The van der Waals surface area contributed by atoms with Gasteiger partial charge in [-0.1, -0.05) is 0 Å². The fraction of sp³-hybridized carbons (Fsp3) is 0.250. The molecule has 1 rings (SSSR count). The number of rotatable bonds is 4. The number of hydrogen-bond acceptors (Lipinski definition) is 4. The summed E-state index contributed by atoms with van der Waals surface area (Å²) in [6.45, 7) is 1.46. The van der Waals surface area contributed by atoms with Crippen molar-refractivity contribution in [2.45, 2.75) is 6.92 Å². The highest BCUT2D eigenvalue weighted by Gasteiger charge is 2.05. The summed E-state index contributed by atoms with van der Waals surface area (Å²) in [5.74, 6) is -0.455. The van der Waals surface area contributed by atoms with Crippen LogP contribution in [0, 0.1) is 0 Å². The molecule has 0 heterocycles. The normalized spacial score (nSPS) is 9.44. The number of nitrogens with one attached hydrogen (secondary N) is 3. The maximum absolute atomic E-state index is 11.3. The summed E-state index contributed by atoms with van der Waals surface area (Å²) in [5, 5.41) is 7.24. The van der Waals surface area contributed by atoms with Crippen LogP contribution in [0.15, 0.2) is 24.3 Å². The van der Waals surface area contributed by atoms with E-state index in [-0.39, 0.29) is 12.3 Å². The van der Waals surface area contributed by atoms with E-state index in [0.29, 0.717) is 11.3 Å². The molecule has 0 fully saturated rings. The number of urea groups is 1. The largest absolute Gasteiger partial charge is 0.376 e. The molecule has 0 aliphatic rings. The molecule has 0 unspecified atom stereocenters. The Bertz CT molecular complexity index is 454. The van der Waals surface area contributed by atoms with Gasteiger partial charge >= 0.3 is 6.03 Å². The summed E-state index contributed by atoms with van der Waals surface area (Å²) < 4.78 is 0. The van der Waals surface area contributed by atoms with Crippen molar-refractivity contribution in [3.05, 3.63) is 29.8 Å². The van der Waals surface area contributed by atoms with Crippen LogP contribution in [0.4, 0.5) is 10.5 Å². The summed E-state index contributed by atoms with van der Waals surface area (Å²) >= 11 is 0. The van der Waals surface area contributed by atoms with Gasteiger partial charge in [-0.3, -0.25) is 14.9 Å². The van der Waals surface area contributed by atoms with Gasteiger partial charge in [0.2, 0.25) is 5.91 Å². The Balaban J connectivity index is 2.46. The standard InChI is InChI=1S/C12H15N3O3/c1-8(16)9-3-5-10(6-4-9)14-7-11(17)15-12(18)13-2/h3-6,14H,7H2,1-2H3,(H2,13,15,17,18). The van der Waals surface area contributed by atoms with E-state index in [1.165, 1.54) is 14.0 Å². The number of Topliss-reactive ketones (excluding diaryl/α,β-unsaturated/α-hetero) is 1. The van der Waals surface area contributed by atoms with Gasteiger partial charge in [-0.15, -0.1) is 0 Å². The third-order valence-electron chi connectivity index (χ3n) is 2.22. The quantitative estimate of drug-likeness (QED) is 0.687. The Morgan fingerprint density at radius 3 is 2.22 bits per heavy atom. The van der Waals surface area contributed by atoms with Crippen LogP contribution in [0.25, 0.3) is 0 Å². The van der Waals surface area contributed by atoms with Gasteiger partial charge in [0.1, 0.15) is 0 Å². The molecule has 0 spiro atoms. The number of hydrogen-bond donors (Lipinski definition) is 3. The molecule has 3 N–H and O–H groups in total. The first-order chi connectivity index (χ1) is 8.52. The van der Waals surface area contributed by atoms with Crippen LogP contribution in [0.3, 0.4) is 0 Å². The van der Waals surface area contributed by atoms with Gasteiger partial charge in [-0.05, 0) is 31.2 Å². The second-order valence-electron chi connectivity index (χ2n) is 3.61. The van der Waals surface area contributed by atoms with Gasteiger partial charge in [-0.25, -0.2) is 4.79 Å². The molecule has 0 saturated carbocycles. The highest BCUT2D eigenvalue weighted by atomic mass is 16.2. The molecule has 18 heavy (non-hydrogen) atoms. The molecule has 0 aliphatic heterocycles. The first-order valence-electron chi connectivity index (χ1n) is 5.39. The zero-order valence-corrected chi connectivity index (χ0v) is 10.2. The minimum atomic E-state index is -0.547. The lowest BCUT2D eigenvalue weighted by atomic mass is 10.1. The van der Waals surface area contributed by atoms with Crippen molar-refractivity contribution in [2.75, 3.05) is 18.9 Å². The predicted octanol–water partition coefficient (Wildman–Crippen LogP) is 0.757. The third kappa shape index (κ3) is 4.25. The Hall–Kier alpha value is -2.37. The molecule has 0 radical (unpaired) electrons. The highest BCUT2D eigenvalue weighted by molar-refractivity contribution is 5.96. The fourth-order valence-corrected chi connectivity index (χ4v) is 1.24. The van der Waals surface area contributed by atoms with Crippen LogP contribution >= 0.6 is 0 Å². The minimum Gasteiger partial charge on any atom is -0.376 e. The lowest BCUT2D eigenvalue weighted by Gasteiger charge is -2.07. The molecule has 0 saturated heterocycles. The Morgan fingerprint density at radius 2 is 1.72 bits per heavy atom. The van der Waals surface area contributed by atoms with E-state index in [9.17, 15) is 14.4 Å². The number of imide groups is 1. The van der Waals surface area contributed by atoms with E-state index < -0.39 is 11.9 Å². The number of benzene rings is 1. The SMILES string of the molecule is CNC(=O)NC(=O)CNc1ccc(C(C)=O)cc1. The van der Waals surface area contributed by atoms with Crippen molar-refractivity contribution in [2.24, 2.45) is 0 Å². The Labute approximate surface area is 105 Å². The van der Waals surface area contributed by atoms with Crippen molar-refractivity contribution in [3.8, 4) is 0 Å². The predicted molar refractivity (Wildman–Crippen MR) is 67.5 cm³/mol. The summed E-state index contributed by atoms with van der Waals surface area (Å²) in [4.78, 5) is 33.2. The monoisotopic (exact) mass is 249 g/mol. The Morgan fingerprint density at radius 1 is 1.11 bits per heavy atom. The van der Waals surface area contributed by atoms with Crippen molar-refractivity contribution < 1.29 is 14.4 Å². The number of carbonyl (C=O) groups is 3. The molecule has 0 bridgehead atoms. The van der Waals surface area contributed by atoms with Crippen LogP contribution in [0.1, 0.15) is 17.3 Å². The lowest BCUT2D eigenvalue weighted by Crippen LogP contribution is -2.40. The van der Waals surface area contributed by atoms with E-state index >= 15 is 0 Å². The summed E-state index contributed by atoms with van der Waals surface area (Å²) in [7, 11) is 1.43. The average molecular weight is 249 g/mol. The molecular formula is C12H15N3O3. The van der Waals surface area contributed by atoms with E-state index in [4.69, 9.17) is 0 Å². The average Bonchev–Trinajstić information content (AvgIpc) is 2.36. The first kappa shape index (κ1) is 13.7. The molecule has 0 atom stereocenters.